The maximum atomic E-state index is 12.5. The Morgan fingerprint density at radius 1 is 0.828 bits per heavy atom. The van der Waals surface area contributed by atoms with E-state index in [0.29, 0.717) is 25.1 Å². The lowest BCUT2D eigenvalue weighted by Gasteiger charge is -2.15. The van der Waals surface area contributed by atoms with Crippen molar-refractivity contribution in [2.45, 2.75) is 32.2 Å². The standard InChI is InChI=1S/C23H27N3O3/c27-21(11-12-24-22(28)16-18-7-2-1-3-8-18)25-17-19-9-6-10-20(15-19)23(29)26-13-4-5-14-26/h1-3,6-10,15H,4-5,11-14,16-17H2,(H,24,28)(H,25,27). The summed E-state index contributed by atoms with van der Waals surface area (Å²) >= 11 is 0. The number of nitrogens with zero attached hydrogens (tertiary/aromatic N) is 1. The fourth-order valence-corrected chi connectivity index (χ4v) is 3.37. The van der Waals surface area contributed by atoms with Gasteiger partial charge in [0.15, 0.2) is 0 Å². The number of rotatable bonds is 8. The van der Waals surface area contributed by atoms with E-state index < -0.39 is 0 Å². The summed E-state index contributed by atoms with van der Waals surface area (Å²) in [6.45, 7) is 2.29. The highest BCUT2D eigenvalue weighted by Crippen LogP contribution is 2.14. The highest BCUT2D eigenvalue weighted by Gasteiger charge is 2.19. The highest BCUT2D eigenvalue weighted by molar-refractivity contribution is 5.94. The van der Waals surface area contributed by atoms with E-state index in [2.05, 4.69) is 10.6 Å². The molecule has 0 saturated carbocycles. The van der Waals surface area contributed by atoms with Crippen molar-refractivity contribution in [2.24, 2.45) is 0 Å². The van der Waals surface area contributed by atoms with Crippen molar-refractivity contribution in [3.63, 3.8) is 0 Å². The van der Waals surface area contributed by atoms with Gasteiger partial charge in [-0.2, -0.15) is 0 Å². The second kappa shape index (κ2) is 10.4. The van der Waals surface area contributed by atoms with Crippen molar-refractivity contribution in [2.75, 3.05) is 19.6 Å². The fraction of sp³-hybridized carbons (Fsp3) is 0.348. The smallest absolute Gasteiger partial charge is 0.253 e. The zero-order valence-corrected chi connectivity index (χ0v) is 16.5. The molecular formula is C23H27N3O3. The molecule has 0 unspecified atom stereocenters. The number of carbonyl (C=O) groups is 3. The van der Waals surface area contributed by atoms with Gasteiger partial charge in [0.1, 0.15) is 0 Å². The van der Waals surface area contributed by atoms with Crippen LogP contribution in [0.2, 0.25) is 0 Å². The summed E-state index contributed by atoms with van der Waals surface area (Å²) in [5.74, 6) is -0.185. The molecule has 0 bridgehead atoms. The van der Waals surface area contributed by atoms with Gasteiger partial charge in [-0.1, -0.05) is 42.5 Å². The van der Waals surface area contributed by atoms with E-state index in [1.165, 1.54) is 0 Å². The Balaban J connectivity index is 1.38. The van der Waals surface area contributed by atoms with Gasteiger partial charge in [0, 0.05) is 38.2 Å². The summed E-state index contributed by atoms with van der Waals surface area (Å²) in [5, 5.41) is 5.61. The molecule has 1 saturated heterocycles. The maximum Gasteiger partial charge on any atom is 0.253 e. The summed E-state index contributed by atoms with van der Waals surface area (Å²) in [6, 6.07) is 16.9. The third-order valence-electron chi connectivity index (χ3n) is 4.94. The molecule has 152 valence electrons. The Labute approximate surface area is 171 Å². The van der Waals surface area contributed by atoms with Crippen LogP contribution in [0.15, 0.2) is 54.6 Å². The van der Waals surface area contributed by atoms with E-state index in [1.807, 2.05) is 59.5 Å². The SMILES string of the molecule is O=C(CCNC(=O)Cc1ccccc1)NCc1cccc(C(=O)N2CCCC2)c1. The normalized spacial score (nSPS) is 13.2. The minimum atomic E-state index is -0.138. The Morgan fingerprint density at radius 3 is 2.31 bits per heavy atom. The van der Waals surface area contributed by atoms with E-state index in [9.17, 15) is 14.4 Å². The van der Waals surface area contributed by atoms with Gasteiger partial charge in [-0.15, -0.1) is 0 Å². The van der Waals surface area contributed by atoms with Crippen LogP contribution in [0.25, 0.3) is 0 Å². The van der Waals surface area contributed by atoms with Crippen molar-refractivity contribution < 1.29 is 14.4 Å². The Bertz CT molecular complexity index is 845. The lowest BCUT2D eigenvalue weighted by Crippen LogP contribution is -2.31. The number of nitrogens with one attached hydrogen (secondary N) is 2. The average Bonchev–Trinajstić information content (AvgIpc) is 3.27. The monoisotopic (exact) mass is 393 g/mol. The van der Waals surface area contributed by atoms with Crippen molar-refractivity contribution in [1.29, 1.82) is 0 Å². The number of amides is 3. The third kappa shape index (κ3) is 6.45. The topological polar surface area (TPSA) is 78.5 Å². The number of hydrogen-bond donors (Lipinski definition) is 2. The van der Waals surface area contributed by atoms with Crippen LogP contribution in [0.3, 0.4) is 0 Å². The minimum Gasteiger partial charge on any atom is -0.355 e. The number of carbonyl (C=O) groups excluding carboxylic acids is 3. The first-order chi connectivity index (χ1) is 14.1. The van der Waals surface area contributed by atoms with Crippen LogP contribution in [0.1, 0.15) is 40.7 Å². The molecule has 0 spiro atoms. The van der Waals surface area contributed by atoms with Gasteiger partial charge in [-0.3, -0.25) is 14.4 Å². The minimum absolute atomic E-state index is 0.0526. The quantitative estimate of drug-likeness (QED) is 0.722. The average molecular weight is 393 g/mol. The summed E-state index contributed by atoms with van der Waals surface area (Å²) in [7, 11) is 0. The second-order valence-corrected chi connectivity index (χ2v) is 7.24. The van der Waals surface area contributed by atoms with Crippen LogP contribution in [0.4, 0.5) is 0 Å². The zero-order chi connectivity index (χ0) is 20.5. The molecule has 1 fully saturated rings. The van der Waals surface area contributed by atoms with E-state index in [0.717, 1.165) is 37.1 Å². The molecule has 0 aliphatic carbocycles. The van der Waals surface area contributed by atoms with E-state index in [1.54, 1.807) is 0 Å². The molecule has 1 aliphatic rings. The first-order valence-electron chi connectivity index (χ1n) is 10.1. The van der Waals surface area contributed by atoms with Crippen molar-refractivity contribution >= 4 is 17.7 Å². The van der Waals surface area contributed by atoms with E-state index >= 15 is 0 Å². The lowest BCUT2D eigenvalue weighted by molar-refractivity contribution is -0.122. The van der Waals surface area contributed by atoms with Gasteiger partial charge >= 0.3 is 0 Å². The molecule has 1 heterocycles. The number of hydrogen-bond acceptors (Lipinski definition) is 3. The van der Waals surface area contributed by atoms with Crippen molar-refractivity contribution in [3.05, 3.63) is 71.3 Å². The van der Waals surface area contributed by atoms with Gasteiger partial charge in [0.25, 0.3) is 5.91 Å². The summed E-state index contributed by atoms with van der Waals surface area (Å²) in [4.78, 5) is 38.3. The summed E-state index contributed by atoms with van der Waals surface area (Å²) < 4.78 is 0. The summed E-state index contributed by atoms with van der Waals surface area (Å²) in [5.41, 5.74) is 2.49. The largest absolute Gasteiger partial charge is 0.355 e. The van der Waals surface area contributed by atoms with Crippen LogP contribution in [0, 0.1) is 0 Å². The molecule has 6 nitrogen and oxygen atoms in total. The first kappa shape index (κ1) is 20.6. The van der Waals surface area contributed by atoms with Crippen LogP contribution in [-0.4, -0.2) is 42.3 Å². The molecule has 1 aliphatic heterocycles. The molecular weight excluding hydrogens is 366 g/mol. The maximum absolute atomic E-state index is 12.5. The van der Waals surface area contributed by atoms with Crippen molar-refractivity contribution in [1.82, 2.24) is 15.5 Å². The second-order valence-electron chi connectivity index (χ2n) is 7.24. The molecule has 2 aromatic rings. The third-order valence-corrected chi connectivity index (χ3v) is 4.94. The lowest BCUT2D eigenvalue weighted by atomic mass is 10.1. The fourth-order valence-electron chi connectivity index (χ4n) is 3.37. The first-order valence-corrected chi connectivity index (χ1v) is 10.1. The predicted molar refractivity (Wildman–Crippen MR) is 111 cm³/mol. The molecule has 3 rings (SSSR count). The van der Waals surface area contributed by atoms with Crippen molar-refractivity contribution in [3.8, 4) is 0 Å². The van der Waals surface area contributed by atoms with Crippen LogP contribution in [0.5, 0.6) is 0 Å². The van der Waals surface area contributed by atoms with Crippen LogP contribution >= 0.6 is 0 Å². The molecule has 3 amide bonds. The molecule has 2 N–H and O–H groups in total. The number of likely N-dealkylation sites (tertiary alicyclic amines) is 1. The predicted octanol–water partition coefficient (Wildman–Crippen LogP) is 2.29. The van der Waals surface area contributed by atoms with E-state index in [4.69, 9.17) is 0 Å². The summed E-state index contributed by atoms with van der Waals surface area (Å²) in [6.07, 6.45) is 2.64. The van der Waals surface area contributed by atoms with Crippen LogP contribution < -0.4 is 10.6 Å². The van der Waals surface area contributed by atoms with Gasteiger partial charge in [-0.05, 0) is 36.1 Å². The Morgan fingerprint density at radius 2 is 1.55 bits per heavy atom. The Kier molecular flexibility index (Phi) is 7.39. The van der Waals surface area contributed by atoms with Gasteiger partial charge in [0.05, 0.1) is 6.42 Å². The van der Waals surface area contributed by atoms with Gasteiger partial charge in [0.2, 0.25) is 11.8 Å². The van der Waals surface area contributed by atoms with Gasteiger partial charge < -0.3 is 15.5 Å². The number of benzene rings is 2. The van der Waals surface area contributed by atoms with Gasteiger partial charge in [-0.25, -0.2) is 0 Å². The molecule has 0 aromatic heterocycles. The highest BCUT2D eigenvalue weighted by atomic mass is 16.2. The molecule has 0 radical (unpaired) electrons. The molecule has 29 heavy (non-hydrogen) atoms. The molecule has 6 heteroatoms. The molecule has 0 atom stereocenters. The van der Waals surface area contributed by atoms with E-state index in [-0.39, 0.29) is 24.1 Å². The zero-order valence-electron chi connectivity index (χ0n) is 16.5. The Hall–Kier alpha value is -3.15. The van der Waals surface area contributed by atoms with Crippen LogP contribution in [-0.2, 0) is 22.6 Å². The molecule has 2 aromatic carbocycles.